The molecule has 0 radical (unpaired) electrons. The van der Waals surface area contributed by atoms with E-state index in [1.54, 1.807) is 0 Å². The molecule has 0 unspecified atom stereocenters. The molecule has 0 saturated heterocycles. The molecule has 2 N–H and O–H groups in total. The van der Waals surface area contributed by atoms with Crippen molar-refractivity contribution in [1.82, 2.24) is 0 Å². The third-order valence-corrected chi connectivity index (χ3v) is 5.44. The van der Waals surface area contributed by atoms with E-state index in [2.05, 4.69) is 0 Å². The van der Waals surface area contributed by atoms with Gasteiger partial charge in [0.15, 0.2) is 0 Å². The summed E-state index contributed by atoms with van der Waals surface area (Å²) in [6, 6.07) is 15.8. The predicted molar refractivity (Wildman–Crippen MR) is 84.7 cm³/mol. The molecule has 2 aliphatic rings. The Kier molecular flexibility index (Phi) is 1.90. The van der Waals surface area contributed by atoms with Crippen LogP contribution in [-0.2, 0) is 0 Å². The van der Waals surface area contributed by atoms with Crippen molar-refractivity contribution in [3.8, 4) is 22.3 Å². The van der Waals surface area contributed by atoms with E-state index < -0.39 is 0 Å². The van der Waals surface area contributed by atoms with Gasteiger partial charge in [0, 0.05) is 22.3 Å². The molecule has 0 aliphatic heterocycles. The Labute approximate surface area is 124 Å². The highest BCUT2D eigenvalue weighted by Gasteiger charge is 2.31. The molecule has 21 heavy (non-hydrogen) atoms. The number of rotatable bonds is 0. The lowest BCUT2D eigenvalue weighted by atomic mass is 9.98. The zero-order chi connectivity index (χ0) is 14.1. The highest BCUT2D eigenvalue weighted by Crippen LogP contribution is 2.41. The minimum atomic E-state index is 0.324. The van der Waals surface area contributed by atoms with Gasteiger partial charge >= 0.3 is 0 Å². The van der Waals surface area contributed by atoms with Gasteiger partial charge in [-0.05, 0) is 11.1 Å². The Hall–Kier alpha value is -2.52. The first kappa shape index (κ1) is 11.2. The van der Waals surface area contributed by atoms with Crippen LogP contribution >= 0.6 is 11.3 Å². The maximum absolute atomic E-state index is 10.5. The van der Waals surface area contributed by atoms with Crippen LogP contribution in [0.1, 0.15) is 11.1 Å². The smallest absolute Gasteiger partial charge is 0.141 e. The average molecular weight is 290 g/mol. The normalized spacial score (nSPS) is 13.9. The molecule has 1 heterocycles. The van der Waals surface area contributed by atoms with Crippen molar-refractivity contribution >= 4 is 22.9 Å². The molecule has 0 spiro atoms. The van der Waals surface area contributed by atoms with E-state index >= 15 is 0 Å². The number of aliphatic hydroxyl groups is 2. The van der Waals surface area contributed by atoms with Crippen molar-refractivity contribution in [3.63, 3.8) is 0 Å². The molecule has 3 heteroatoms. The summed E-state index contributed by atoms with van der Waals surface area (Å²) in [6.07, 6.45) is 0. The Morgan fingerprint density at radius 1 is 0.571 bits per heavy atom. The quantitative estimate of drug-likeness (QED) is 0.668. The zero-order valence-electron chi connectivity index (χ0n) is 10.9. The first-order valence-corrected chi connectivity index (χ1v) is 7.58. The molecule has 2 nitrogen and oxygen atoms in total. The van der Waals surface area contributed by atoms with Crippen LogP contribution in [0.15, 0.2) is 48.5 Å². The van der Waals surface area contributed by atoms with Crippen LogP contribution in [0.25, 0.3) is 33.8 Å². The predicted octanol–water partition coefficient (Wildman–Crippen LogP) is 3.14. The molecule has 0 atom stereocenters. The molecule has 0 fully saturated rings. The Morgan fingerprint density at radius 2 is 0.952 bits per heavy atom. The lowest BCUT2D eigenvalue weighted by Crippen LogP contribution is -2.00. The van der Waals surface area contributed by atoms with Gasteiger partial charge in [-0.3, -0.25) is 0 Å². The van der Waals surface area contributed by atoms with E-state index in [-0.39, 0.29) is 0 Å². The van der Waals surface area contributed by atoms with Crippen LogP contribution in [-0.4, -0.2) is 10.2 Å². The Balaban J connectivity index is 2.02. The van der Waals surface area contributed by atoms with Gasteiger partial charge in [0.05, 0.1) is 9.06 Å². The Bertz CT molecular complexity index is 973. The second kappa shape index (κ2) is 3.57. The third kappa shape index (κ3) is 1.18. The second-order valence-electron chi connectivity index (χ2n) is 5.30. The number of aliphatic hydroxyl groups excluding tert-OH is 2. The lowest BCUT2D eigenvalue weighted by Gasteiger charge is -2.04. The summed E-state index contributed by atoms with van der Waals surface area (Å²) in [4.78, 5) is 0. The van der Waals surface area contributed by atoms with Gasteiger partial charge in [0.2, 0.25) is 0 Å². The van der Waals surface area contributed by atoms with Gasteiger partial charge in [0.1, 0.15) is 11.5 Å². The van der Waals surface area contributed by atoms with Gasteiger partial charge in [-0.25, -0.2) is 0 Å². The summed E-state index contributed by atoms with van der Waals surface area (Å²) < 4.78 is 1.73. The molecule has 2 aromatic carbocycles. The SMILES string of the molecule is OC1=c2sc3c(c2-c2ccccc21)-c1ccccc1C=3O. The second-order valence-corrected chi connectivity index (χ2v) is 6.32. The number of benzene rings is 2. The molecular weight excluding hydrogens is 280 g/mol. The van der Waals surface area contributed by atoms with E-state index in [4.69, 9.17) is 0 Å². The third-order valence-electron chi connectivity index (χ3n) is 4.24. The lowest BCUT2D eigenvalue weighted by molar-refractivity contribution is 0.511. The molecule has 3 aromatic rings. The van der Waals surface area contributed by atoms with Crippen LogP contribution in [0, 0.1) is 0 Å². The van der Waals surface area contributed by atoms with E-state index in [1.165, 1.54) is 11.3 Å². The highest BCUT2D eigenvalue weighted by molar-refractivity contribution is 7.09. The monoisotopic (exact) mass is 290 g/mol. The van der Waals surface area contributed by atoms with E-state index in [0.29, 0.717) is 11.5 Å². The van der Waals surface area contributed by atoms with Crippen molar-refractivity contribution in [2.24, 2.45) is 0 Å². The average Bonchev–Trinajstić information content (AvgIpc) is 3.12. The Morgan fingerprint density at radius 3 is 1.38 bits per heavy atom. The highest BCUT2D eigenvalue weighted by atomic mass is 32.1. The first-order chi connectivity index (χ1) is 10.3. The van der Waals surface area contributed by atoms with Gasteiger partial charge in [-0.2, -0.15) is 0 Å². The van der Waals surface area contributed by atoms with Crippen LogP contribution in [0.5, 0.6) is 0 Å². The molecule has 0 bridgehead atoms. The number of thiophene rings is 1. The molecule has 1 aromatic heterocycles. The standard InChI is InChI=1S/C18H10O2S/c19-15-11-7-3-1-5-9(11)13-14-10-6-2-4-8-12(10)16(20)18(14)21-17(13)15/h1-8,19-20H. The minimum Gasteiger partial charge on any atom is -0.506 e. The van der Waals surface area contributed by atoms with E-state index in [9.17, 15) is 10.2 Å². The minimum absolute atomic E-state index is 0.324. The maximum atomic E-state index is 10.5. The molecule has 5 rings (SSSR count). The van der Waals surface area contributed by atoms with E-state index in [1.807, 2.05) is 48.5 Å². The van der Waals surface area contributed by atoms with Gasteiger partial charge in [-0.1, -0.05) is 48.5 Å². The van der Waals surface area contributed by atoms with Crippen molar-refractivity contribution in [2.75, 3.05) is 0 Å². The first-order valence-electron chi connectivity index (χ1n) is 6.76. The fourth-order valence-corrected chi connectivity index (χ4v) is 4.58. The summed E-state index contributed by atoms with van der Waals surface area (Å²) in [7, 11) is 0. The summed E-state index contributed by atoms with van der Waals surface area (Å²) >= 11 is 1.47. The maximum Gasteiger partial charge on any atom is 0.141 e. The van der Waals surface area contributed by atoms with Gasteiger partial charge < -0.3 is 10.2 Å². The van der Waals surface area contributed by atoms with Crippen LogP contribution < -0.4 is 9.06 Å². The van der Waals surface area contributed by atoms with Gasteiger partial charge in [-0.15, -0.1) is 11.3 Å². The van der Waals surface area contributed by atoms with Crippen molar-refractivity contribution in [1.29, 1.82) is 0 Å². The van der Waals surface area contributed by atoms with Crippen LogP contribution in [0.4, 0.5) is 0 Å². The summed E-state index contributed by atoms with van der Waals surface area (Å²) in [5.41, 5.74) is 5.97. The molecule has 100 valence electrons. The number of hydrogen-bond donors (Lipinski definition) is 2. The summed E-state index contributed by atoms with van der Waals surface area (Å²) in [6.45, 7) is 0. The molecule has 0 saturated carbocycles. The molecular formula is C18H10O2S. The van der Waals surface area contributed by atoms with Crippen LogP contribution in [0.2, 0.25) is 0 Å². The number of fused-ring (bicyclic) bond motifs is 7. The topological polar surface area (TPSA) is 40.5 Å². The van der Waals surface area contributed by atoms with E-state index in [0.717, 1.165) is 42.4 Å². The largest absolute Gasteiger partial charge is 0.506 e. The summed E-state index contributed by atoms with van der Waals surface area (Å²) in [5, 5.41) is 20.9. The molecule has 0 amide bonds. The van der Waals surface area contributed by atoms with Crippen LogP contribution in [0.3, 0.4) is 0 Å². The van der Waals surface area contributed by atoms with Gasteiger partial charge in [0.25, 0.3) is 0 Å². The van der Waals surface area contributed by atoms with Crippen molar-refractivity contribution in [2.45, 2.75) is 0 Å². The summed E-state index contributed by atoms with van der Waals surface area (Å²) in [5.74, 6) is 0.649. The van der Waals surface area contributed by atoms with Crippen molar-refractivity contribution < 1.29 is 10.2 Å². The van der Waals surface area contributed by atoms with Crippen molar-refractivity contribution in [3.05, 3.63) is 68.7 Å². The molecule has 2 aliphatic carbocycles. The fraction of sp³-hybridized carbons (Fsp3) is 0. The zero-order valence-corrected chi connectivity index (χ0v) is 11.7. The number of hydrogen-bond acceptors (Lipinski definition) is 3. The fourth-order valence-electron chi connectivity index (χ4n) is 3.34.